The molecule has 8 heteroatoms. The minimum atomic E-state index is 0.263. The van der Waals surface area contributed by atoms with E-state index < -0.39 is 0 Å². The fraction of sp³-hybridized carbons (Fsp3) is 0.350. The third-order valence-corrected chi connectivity index (χ3v) is 5.60. The Morgan fingerprint density at radius 1 is 1.14 bits per heavy atom. The number of pyridine rings is 1. The smallest absolute Gasteiger partial charge is 0.183 e. The van der Waals surface area contributed by atoms with E-state index in [1.54, 1.807) is 24.8 Å². The van der Waals surface area contributed by atoms with Crippen LogP contribution in [0.4, 0.5) is 5.82 Å². The topological polar surface area (TPSA) is 95.0 Å². The SMILES string of the molecule is N#Cc1nccnc1N1CCN2[C@H](CC[C@H]2c2cc(-c3cccnc3)on2)C1. The maximum Gasteiger partial charge on any atom is 0.183 e. The van der Waals surface area contributed by atoms with Gasteiger partial charge in [0.05, 0.1) is 6.04 Å². The fourth-order valence-corrected chi connectivity index (χ4v) is 4.29. The van der Waals surface area contributed by atoms with Crippen LogP contribution in [-0.2, 0) is 0 Å². The first-order valence-electron chi connectivity index (χ1n) is 9.42. The molecule has 5 rings (SSSR count). The Morgan fingerprint density at radius 3 is 2.93 bits per heavy atom. The van der Waals surface area contributed by atoms with Gasteiger partial charge in [0.1, 0.15) is 11.8 Å². The van der Waals surface area contributed by atoms with E-state index in [0.717, 1.165) is 49.5 Å². The van der Waals surface area contributed by atoms with Gasteiger partial charge in [0.15, 0.2) is 17.3 Å². The summed E-state index contributed by atoms with van der Waals surface area (Å²) >= 11 is 0. The van der Waals surface area contributed by atoms with Crippen molar-refractivity contribution in [1.82, 2.24) is 25.0 Å². The number of nitrogens with zero attached hydrogens (tertiary/aromatic N) is 7. The van der Waals surface area contributed by atoms with Gasteiger partial charge in [-0.3, -0.25) is 9.88 Å². The molecule has 2 saturated heterocycles. The predicted octanol–water partition coefficient (Wildman–Crippen LogP) is 2.42. The van der Waals surface area contributed by atoms with Crippen LogP contribution in [-0.4, -0.2) is 50.7 Å². The molecule has 0 unspecified atom stereocenters. The van der Waals surface area contributed by atoms with Crippen LogP contribution in [0, 0.1) is 11.3 Å². The molecule has 2 fully saturated rings. The van der Waals surface area contributed by atoms with Crippen LogP contribution in [0.15, 0.2) is 47.5 Å². The summed E-state index contributed by atoms with van der Waals surface area (Å²) in [5, 5.41) is 13.7. The highest BCUT2D eigenvalue weighted by Crippen LogP contribution is 2.39. The third-order valence-electron chi connectivity index (χ3n) is 5.60. The van der Waals surface area contributed by atoms with Gasteiger partial charge in [-0.1, -0.05) is 5.16 Å². The quantitative estimate of drug-likeness (QED) is 0.691. The van der Waals surface area contributed by atoms with Crippen molar-refractivity contribution in [3.63, 3.8) is 0 Å². The first kappa shape index (κ1) is 16.8. The molecule has 2 atom stereocenters. The van der Waals surface area contributed by atoms with Crippen LogP contribution < -0.4 is 4.90 Å². The zero-order chi connectivity index (χ0) is 18.9. The van der Waals surface area contributed by atoms with Gasteiger partial charge >= 0.3 is 0 Å². The van der Waals surface area contributed by atoms with Crippen molar-refractivity contribution in [2.45, 2.75) is 24.9 Å². The van der Waals surface area contributed by atoms with E-state index in [-0.39, 0.29) is 6.04 Å². The first-order valence-corrected chi connectivity index (χ1v) is 9.42. The van der Waals surface area contributed by atoms with Crippen LogP contribution >= 0.6 is 0 Å². The Labute approximate surface area is 162 Å². The van der Waals surface area contributed by atoms with Gasteiger partial charge in [0, 0.05) is 62.1 Å². The predicted molar refractivity (Wildman–Crippen MR) is 101 cm³/mol. The van der Waals surface area contributed by atoms with Crippen molar-refractivity contribution in [1.29, 1.82) is 5.26 Å². The summed E-state index contributed by atoms with van der Waals surface area (Å²) in [7, 11) is 0. The van der Waals surface area contributed by atoms with E-state index in [2.05, 4.69) is 36.0 Å². The van der Waals surface area contributed by atoms with Gasteiger partial charge in [-0.05, 0) is 25.0 Å². The van der Waals surface area contributed by atoms with Gasteiger partial charge in [0.25, 0.3) is 0 Å². The molecule has 0 aromatic carbocycles. The van der Waals surface area contributed by atoms with Crippen LogP contribution in [0.5, 0.6) is 0 Å². The zero-order valence-corrected chi connectivity index (χ0v) is 15.3. The summed E-state index contributed by atoms with van der Waals surface area (Å²) in [5.74, 6) is 1.44. The molecule has 0 bridgehead atoms. The molecule has 3 aromatic heterocycles. The summed E-state index contributed by atoms with van der Waals surface area (Å²) < 4.78 is 5.58. The highest BCUT2D eigenvalue weighted by molar-refractivity contribution is 5.56. The normalized spacial score (nSPS) is 22.0. The Bertz CT molecular complexity index is 1010. The molecular weight excluding hydrogens is 354 g/mol. The van der Waals surface area contributed by atoms with Gasteiger partial charge in [-0.25, -0.2) is 9.97 Å². The molecule has 0 radical (unpaired) electrons. The summed E-state index contributed by atoms with van der Waals surface area (Å²) in [6, 6.07) is 8.72. The molecule has 8 nitrogen and oxygen atoms in total. The number of rotatable bonds is 3. The lowest BCUT2D eigenvalue weighted by molar-refractivity contribution is 0.170. The zero-order valence-electron chi connectivity index (χ0n) is 15.3. The minimum Gasteiger partial charge on any atom is -0.356 e. The second-order valence-electron chi connectivity index (χ2n) is 7.13. The van der Waals surface area contributed by atoms with E-state index in [9.17, 15) is 5.26 Å². The monoisotopic (exact) mass is 373 g/mol. The first-order chi connectivity index (χ1) is 13.8. The Balaban J connectivity index is 1.33. The van der Waals surface area contributed by atoms with Gasteiger partial charge in [0.2, 0.25) is 0 Å². The summed E-state index contributed by atoms with van der Waals surface area (Å²) in [6.45, 7) is 2.55. The molecule has 0 aliphatic carbocycles. The molecule has 0 spiro atoms. The summed E-state index contributed by atoms with van der Waals surface area (Å²) in [5.41, 5.74) is 2.31. The van der Waals surface area contributed by atoms with Crippen LogP contribution in [0.3, 0.4) is 0 Å². The molecule has 3 aromatic rings. The number of aromatic nitrogens is 4. The number of anilines is 1. The van der Waals surface area contributed by atoms with E-state index >= 15 is 0 Å². The highest BCUT2D eigenvalue weighted by atomic mass is 16.5. The van der Waals surface area contributed by atoms with Crippen LogP contribution in [0.2, 0.25) is 0 Å². The number of piperazine rings is 1. The molecule has 2 aliphatic rings. The molecule has 0 amide bonds. The molecular formula is C20H19N7O. The van der Waals surface area contributed by atoms with Gasteiger partial charge < -0.3 is 9.42 Å². The number of fused-ring (bicyclic) bond motifs is 1. The summed E-state index contributed by atoms with van der Waals surface area (Å²) in [6.07, 6.45) is 8.87. The van der Waals surface area contributed by atoms with Crippen molar-refractivity contribution in [2.75, 3.05) is 24.5 Å². The van der Waals surface area contributed by atoms with Crippen molar-refractivity contribution < 1.29 is 4.52 Å². The molecule has 28 heavy (non-hydrogen) atoms. The van der Waals surface area contributed by atoms with Gasteiger partial charge in [-0.15, -0.1) is 0 Å². The van der Waals surface area contributed by atoms with Crippen molar-refractivity contribution >= 4 is 5.82 Å². The lowest BCUT2D eigenvalue weighted by Crippen LogP contribution is -2.51. The molecule has 2 aliphatic heterocycles. The molecule has 0 saturated carbocycles. The van der Waals surface area contributed by atoms with Gasteiger partial charge in [-0.2, -0.15) is 5.26 Å². The molecule has 140 valence electrons. The van der Waals surface area contributed by atoms with Crippen molar-refractivity contribution in [3.8, 4) is 17.4 Å². The average Bonchev–Trinajstić information content (AvgIpc) is 3.41. The number of hydrogen-bond acceptors (Lipinski definition) is 8. The van der Waals surface area contributed by atoms with E-state index in [1.807, 2.05) is 18.2 Å². The highest BCUT2D eigenvalue weighted by Gasteiger charge is 2.40. The fourth-order valence-electron chi connectivity index (χ4n) is 4.29. The van der Waals surface area contributed by atoms with Crippen LogP contribution in [0.1, 0.15) is 30.3 Å². The second kappa shape index (κ2) is 7.02. The number of hydrogen-bond donors (Lipinski definition) is 0. The largest absolute Gasteiger partial charge is 0.356 e. The maximum absolute atomic E-state index is 9.31. The minimum absolute atomic E-state index is 0.263. The lowest BCUT2D eigenvalue weighted by atomic mass is 10.1. The number of nitriles is 1. The summed E-state index contributed by atoms with van der Waals surface area (Å²) in [4.78, 5) is 17.4. The Hall–Kier alpha value is -3.31. The Morgan fingerprint density at radius 2 is 2.07 bits per heavy atom. The average molecular weight is 373 g/mol. The third kappa shape index (κ3) is 2.90. The molecule has 5 heterocycles. The maximum atomic E-state index is 9.31. The standard InChI is InChI=1S/C20H19N7O/c21-11-17-20(24-7-6-23-17)26-8-9-27-15(13-26)3-4-18(27)16-10-19(28-25-16)14-2-1-5-22-12-14/h1-2,5-7,10,12,15,18H,3-4,8-9,13H2/t15-,18+/m1/s1. The van der Waals surface area contributed by atoms with E-state index in [4.69, 9.17) is 4.52 Å². The second-order valence-corrected chi connectivity index (χ2v) is 7.13. The van der Waals surface area contributed by atoms with Crippen LogP contribution in [0.25, 0.3) is 11.3 Å². The lowest BCUT2D eigenvalue weighted by Gasteiger charge is -2.40. The van der Waals surface area contributed by atoms with Crippen molar-refractivity contribution in [3.05, 3.63) is 54.4 Å². The molecule has 0 N–H and O–H groups in total. The van der Waals surface area contributed by atoms with Crippen molar-refractivity contribution in [2.24, 2.45) is 0 Å². The van der Waals surface area contributed by atoms with E-state index in [0.29, 0.717) is 17.6 Å². The van der Waals surface area contributed by atoms with E-state index in [1.165, 1.54) is 0 Å². The Kier molecular flexibility index (Phi) is 4.22.